The van der Waals surface area contributed by atoms with Gasteiger partial charge >= 0.3 is 0 Å². The molecule has 0 aromatic rings. The van der Waals surface area contributed by atoms with E-state index < -0.39 is 0 Å². The number of Topliss-reactive ketones (excluding diaryl/α,β-unsaturated/α-hetero) is 1. The van der Waals surface area contributed by atoms with E-state index in [0.717, 1.165) is 11.1 Å². The molecule has 2 heterocycles. The van der Waals surface area contributed by atoms with Gasteiger partial charge in [-0.05, 0) is 37.1 Å². The van der Waals surface area contributed by atoms with Crippen LogP contribution >= 0.6 is 31.9 Å². The molecule has 0 fully saturated rings. The summed E-state index contributed by atoms with van der Waals surface area (Å²) in [5.74, 6) is 0.653. The standard InChI is InChI=1S/C21H30Br2N6O/c1-3-26-20(24)28-9-5-15(6-10-28)17(13-22)19(30)18(14-23)16-7-11-29(12-8-16)21(25)27-4-2/h5-9,11,17-18H,3-4,10,12-14H2,1-2H3,(H2,24,26)(H2,25,27). The molecule has 2 aliphatic heterocycles. The lowest BCUT2D eigenvalue weighted by molar-refractivity contribution is -0.123. The maximum Gasteiger partial charge on any atom is 0.195 e. The maximum atomic E-state index is 13.4. The number of carbonyl (C=O) groups is 1. The van der Waals surface area contributed by atoms with E-state index in [2.05, 4.69) is 41.8 Å². The van der Waals surface area contributed by atoms with Gasteiger partial charge < -0.3 is 21.3 Å². The smallest absolute Gasteiger partial charge is 0.195 e. The summed E-state index contributed by atoms with van der Waals surface area (Å²) in [5.41, 5.74) is 13.9. The van der Waals surface area contributed by atoms with Crippen LogP contribution in [0.2, 0.25) is 0 Å². The van der Waals surface area contributed by atoms with Crippen molar-refractivity contribution < 1.29 is 4.79 Å². The van der Waals surface area contributed by atoms with Gasteiger partial charge in [0.1, 0.15) is 5.78 Å². The first-order chi connectivity index (χ1) is 14.5. The Bertz CT molecular complexity index is 735. The number of aliphatic imine (C=N–C) groups is 2. The molecule has 30 heavy (non-hydrogen) atoms. The quantitative estimate of drug-likeness (QED) is 0.279. The zero-order valence-corrected chi connectivity index (χ0v) is 20.6. The van der Waals surface area contributed by atoms with Gasteiger partial charge in [-0.25, -0.2) is 0 Å². The fourth-order valence-electron chi connectivity index (χ4n) is 3.28. The summed E-state index contributed by atoms with van der Waals surface area (Å²) in [4.78, 5) is 25.6. The molecule has 9 heteroatoms. The predicted molar refractivity (Wildman–Crippen MR) is 132 cm³/mol. The highest BCUT2D eigenvalue weighted by molar-refractivity contribution is 9.09. The van der Waals surface area contributed by atoms with Crippen LogP contribution in [0.5, 0.6) is 0 Å². The molecule has 2 unspecified atom stereocenters. The highest BCUT2D eigenvalue weighted by atomic mass is 79.9. The lowest BCUT2D eigenvalue weighted by atomic mass is 9.84. The number of guanidine groups is 2. The van der Waals surface area contributed by atoms with Crippen LogP contribution in [0.25, 0.3) is 0 Å². The number of halogens is 2. The largest absolute Gasteiger partial charge is 0.370 e. The van der Waals surface area contributed by atoms with Gasteiger partial charge in [0.25, 0.3) is 0 Å². The first-order valence-corrected chi connectivity index (χ1v) is 12.3. The summed E-state index contributed by atoms with van der Waals surface area (Å²) < 4.78 is 0. The molecule has 2 atom stereocenters. The number of rotatable bonds is 8. The van der Waals surface area contributed by atoms with Gasteiger partial charge in [-0.3, -0.25) is 14.8 Å². The molecule has 0 aromatic heterocycles. The molecular formula is C21H30Br2N6O. The van der Waals surface area contributed by atoms with Crippen molar-refractivity contribution in [3.05, 3.63) is 47.9 Å². The molecule has 0 radical (unpaired) electrons. The minimum atomic E-state index is -0.241. The monoisotopic (exact) mass is 540 g/mol. The third-order valence-corrected chi connectivity index (χ3v) is 6.27. The third kappa shape index (κ3) is 6.07. The second kappa shape index (κ2) is 12.1. The molecule has 0 bridgehead atoms. The number of hydrogen-bond donors (Lipinski definition) is 2. The number of allylic oxidation sites excluding steroid dienone is 4. The van der Waals surface area contributed by atoms with E-state index in [1.165, 1.54) is 0 Å². The molecule has 0 saturated carbocycles. The van der Waals surface area contributed by atoms with Crippen molar-refractivity contribution >= 4 is 49.6 Å². The average Bonchev–Trinajstić information content (AvgIpc) is 2.76. The molecule has 164 valence electrons. The number of hydrogen-bond acceptors (Lipinski definition) is 3. The fourth-order valence-corrected chi connectivity index (χ4v) is 4.67. The summed E-state index contributed by atoms with van der Waals surface area (Å²) in [7, 11) is 0. The van der Waals surface area contributed by atoms with E-state index in [4.69, 9.17) is 11.5 Å². The highest BCUT2D eigenvalue weighted by Crippen LogP contribution is 2.28. The van der Waals surface area contributed by atoms with E-state index in [1.807, 2.05) is 60.4 Å². The van der Waals surface area contributed by atoms with Crippen LogP contribution in [0.1, 0.15) is 13.8 Å². The van der Waals surface area contributed by atoms with Crippen molar-refractivity contribution in [3.8, 4) is 0 Å². The number of alkyl halides is 2. The maximum absolute atomic E-state index is 13.4. The number of nitrogens with zero attached hydrogens (tertiary/aromatic N) is 4. The zero-order chi connectivity index (χ0) is 22.1. The minimum absolute atomic E-state index is 0.169. The molecule has 0 spiro atoms. The molecule has 7 nitrogen and oxygen atoms in total. The second-order valence-corrected chi connectivity index (χ2v) is 8.12. The van der Waals surface area contributed by atoms with Gasteiger partial charge in [0, 0.05) is 49.2 Å². The number of ketones is 1. The SMILES string of the molecule is CCN=C(N)N1C=CC(C(CBr)C(=O)C(CBr)C2=CCN(C(N)=NCC)C=C2)=CC1. The predicted octanol–water partition coefficient (Wildman–Crippen LogP) is 2.76. The second-order valence-electron chi connectivity index (χ2n) is 6.83. The van der Waals surface area contributed by atoms with Crippen LogP contribution in [0.3, 0.4) is 0 Å². The van der Waals surface area contributed by atoms with E-state index >= 15 is 0 Å². The summed E-state index contributed by atoms with van der Waals surface area (Å²) in [6.45, 7) is 6.37. The van der Waals surface area contributed by atoms with Crippen molar-refractivity contribution in [1.82, 2.24) is 9.80 Å². The summed E-state index contributed by atoms with van der Waals surface area (Å²) >= 11 is 7.07. The minimum Gasteiger partial charge on any atom is -0.370 e. The van der Waals surface area contributed by atoms with Crippen molar-refractivity contribution in [2.24, 2.45) is 33.3 Å². The van der Waals surface area contributed by atoms with Crippen LogP contribution in [-0.2, 0) is 4.79 Å². The molecular weight excluding hydrogens is 512 g/mol. The summed E-state index contributed by atoms with van der Waals surface area (Å²) in [6.07, 6.45) is 11.8. The molecule has 2 rings (SSSR count). The Kier molecular flexibility index (Phi) is 9.84. The van der Waals surface area contributed by atoms with E-state index in [0.29, 0.717) is 48.8 Å². The van der Waals surface area contributed by atoms with Gasteiger partial charge in [0.05, 0.1) is 11.8 Å². The summed E-state index contributed by atoms with van der Waals surface area (Å²) in [5, 5.41) is 1.12. The first-order valence-electron chi connectivity index (χ1n) is 10.0. The lowest BCUT2D eigenvalue weighted by Crippen LogP contribution is -2.37. The van der Waals surface area contributed by atoms with E-state index in [9.17, 15) is 4.79 Å². The molecule has 2 aliphatic rings. The van der Waals surface area contributed by atoms with E-state index in [1.54, 1.807) is 0 Å². The Morgan fingerprint density at radius 2 is 1.33 bits per heavy atom. The fraction of sp³-hybridized carbons (Fsp3) is 0.476. The normalized spacial score (nSPS) is 19.5. The Labute approximate surface area is 195 Å². The summed E-state index contributed by atoms with van der Waals surface area (Å²) in [6, 6.07) is 0. The number of carbonyl (C=O) groups excluding carboxylic acids is 1. The molecule has 0 aromatic carbocycles. The first kappa shape index (κ1) is 24.4. The molecule has 0 aliphatic carbocycles. The molecule has 0 amide bonds. The zero-order valence-electron chi connectivity index (χ0n) is 17.5. The molecule has 4 N–H and O–H groups in total. The van der Waals surface area contributed by atoms with Gasteiger partial charge in [-0.1, -0.05) is 44.0 Å². The Morgan fingerprint density at radius 3 is 1.60 bits per heavy atom. The van der Waals surface area contributed by atoms with Gasteiger partial charge in [-0.2, -0.15) is 0 Å². The Hall–Kier alpha value is -1.87. The van der Waals surface area contributed by atoms with Crippen molar-refractivity contribution in [2.45, 2.75) is 13.8 Å². The van der Waals surface area contributed by atoms with Gasteiger partial charge in [0.2, 0.25) is 0 Å². The third-order valence-electron chi connectivity index (χ3n) is 4.97. The van der Waals surface area contributed by atoms with Crippen LogP contribution in [0.4, 0.5) is 0 Å². The highest BCUT2D eigenvalue weighted by Gasteiger charge is 2.30. The van der Waals surface area contributed by atoms with Crippen LogP contribution in [0.15, 0.2) is 57.8 Å². The van der Waals surface area contributed by atoms with Crippen LogP contribution in [-0.4, -0.2) is 64.3 Å². The van der Waals surface area contributed by atoms with Crippen molar-refractivity contribution in [3.63, 3.8) is 0 Å². The van der Waals surface area contributed by atoms with Gasteiger partial charge in [0.15, 0.2) is 11.9 Å². The average molecular weight is 542 g/mol. The van der Waals surface area contributed by atoms with Crippen LogP contribution in [0, 0.1) is 11.8 Å². The Balaban J connectivity index is 2.11. The van der Waals surface area contributed by atoms with Crippen molar-refractivity contribution in [2.75, 3.05) is 36.8 Å². The van der Waals surface area contributed by atoms with Crippen LogP contribution < -0.4 is 11.5 Å². The topological polar surface area (TPSA) is 100 Å². The van der Waals surface area contributed by atoms with Crippen molar-refractivity contribution in [1.29, 1.82) is 0 Å². The van der Waals surface area contributed by atoms with E-state index in [-0.39, 0.29) is 17.6 Å². The van der Waals surface area contributed by atoms with Gasteiger partial charge in [-0.15, -0.1) is 0 Å². The Morgan fingerprint density at radius 1 is 0.933 bits per heavy atom. The molecule has 0 saturated heterocycles. The lowest BCUT2D eigenvalue weighted by Gasteiger charge is -2.28. The number of nitrogens with two attached hydrogens (primary N) is 2.